The molecule has 0 saturated heterocycles. The first-order valence-electron chi connectivity index (χ1n) is 7.19. The van der Waals surface area contributed by atoms with Crippen molar-refractivity contribution < 1.29 is 0 Å². The van der Waals surface area contributed by atoms with Gasteiger partial charge in [0.25, 0.3) is 0 Å². The van der Waals surface area contributed by atoms with Crippen LogP contribution in [0.3, 0.4) is 0 Å². The highest BCUT2D eigenvalue weighted by Crippen LogP contribution is 2.28. The maximum Gasteiger partial charge on any atom is 0.0596 e. The summed E-state index contributed by atoms with van der Waals surface area (Å²) < 4.78 is 4.41. The Labute approximate surface area is 148 Å². The standard InChI is InChI=1S/C16H21BrIN3/c1-4-7-19-16(10-13-8-11(2)20-21(13)3)14-9-12(18)5-6-15(14)17/h5-6,8-9,16,19H,4,7,10H2,1-3H3. The minimum absolute atomic E-state index is 0.295. The summed E-state index contributed by atoms with van der Waals surface area (Å²) in [4.78, 5) is 0. The first-order valence-corrected chi connectivity index (χ1v) is 9.06. The normalized spacial score (nSPS) is 12.6. The van der Waals surface area contributed by atoms with Crippen molar-refractivity contribution in [3.8, 4) is 0 Å². The third-order valence-electron chi connectivity index (χ3n) is 3.49. The van der Waals surface area contributed by atoms with Gasteiger partial charge in [0.15, 0.2) is 0 Å². The van der Waals surface area contributed by atoms with Crippen molar-refractivity contribution in [2.45, 2.75) is 32.7 Å². The predicted octanol–water partition coefficient (Wildman–Crippen LogP) is 4.38. The summed E-state index contributed by atoms with van der Waals surface area (Å²) in [6, 6.07) is 8.97. The molecule has 0 spiro atoms. The van der Waals surface area contributed by atoms with Crippen molar-refractivity contribution in [3.05, 3.63) is 49.3 Å². The molecular weight excluding hydrogens is 441 g/mol. The summed E-state index contributed by atoms with van der Waals surface area (Å²) in [6.45, 7) is 5.25. The second kappa shape index (κ2) is 7.74. The van der Waals surface area contributed by atoms with Crippen LogP contribution < -0.4 is 5.32 Å². The summed E-state index contributed by atoms with van der Waals surface area (Å²) in [5, 5.41) is 8.12. The Bertz CT molecular complexity index is 610. The van der Waals surface area contributed by atoms with Crippen LogP contribution in [-0.2, 0) is 13.5 Å². The van der Waals surface area contributed by atoms with E-state index in [4.69, 9.17) is 0 Å². The van der Waals surface area contributed by atoms with E-state index in [1.54, 1.807) is 0 Å². The molecular formula is C16H21BrIN3. The molecule has 0 aliphatic rings. The Morgan fingerprint density at radius 2 is 2.14 bits per heavy atom. The van der Waals surface area contributed by atoms with Crippen LogP contribution in [0, 0.1) is 10.5 Å². The van der Waals surface area contributed by atoms with Crippen LogP contribution in [0.4, 0.5) is 0 Å². The van der Waals surface area contributed by atoms with E-state index in [-0.39, 0.29) is 0 Å². The van der Waals surface area contributed by atoms with E-state index in [0.29, 0.717) is 6.04 Å². The van der Waals surface area contributed by atoms with Crippen molar-refractivity contribution in [3.63, 3.8) is 0 Å². The lowest BCUT2D eigenvalue weighted by Crippen LogP contribution is -2.25. The zero-order chi connectivity index (χ0) is 15.4. The Hall–Kier alpha value is -0.400. The molecule has 1 heterocycles. The number of aromatic nitrogens is 2. The van der Waals surface area contributed by atoms with Gasteiger partial charge in [-0.25, -0.2) is 0 Å². The van der Waals surface area contributed by atoms with Gasteiger partial charge in [0.05, 0.1) is 5.69 Å². The monoisotopic (exact) mass is 461 g/mol. The summed E-state index contributed by atoms with van der Waals surface area (Å²) in [7, 11) is 2.02. The van der Waals surface area contributed by atoms with Gasteiger partial charge in [-0.05, 0) is 72.3 Å². The van der Waals surface area contributed by atoms with E-state index in [2.05, 4.69) is 80.1 Å². The van der Waals surface area contributed by atoms with Gasteiger partial charge in [-0.3, -0.25) is 4.68 Å². The van der Waals surface area contributed by atoms with Crippen molar-refractivity contribution >= 4 is 38.5 Å². The molecule has 0 bridgehead atoms. The Balaban J connectivity index is 2.29. The fourth-order valence-electron chi connectivity index (χ4n) is 2.46. The maximum atomic E-state index is 4.45. The van der Waals surface area contributed by atoms with Crippen molar-refractivity contribution in [2.75, 3.05) is 6.54 Å². The molecule has 0 radical (unpaired) electrons. The number of aryl methyl sites for hydroxylation is 2. The summed E-state index contributed by atoms with van der Waals surface area (Å²) >= 11 is 6.06. The molecule has 1 aromatic carbocycles. The molecule has 1 unspecified atom stereocenters. The highest BCUT2D eigenvalue weighted by atomic mass is 127. The quantitative estimate of drug-likeness (QED) is 0.647. The lowest BCUT2D eigenvalue weighted by Gasteiger charge is -2.21. The zero-order valence-electron chi connectivity index (χ0n) is 12.7. The molecule has 0 saturated carbocycles. The van der Waals surface area contributed by atoms with E-state index < -0.39 is 0 Å². The van der Waals surface area contributed by atoms with E-state index >= 15 is 0 Å². The molecule has 1 aromatic heterocycles. The fraction of sp³-hybridized carbons (Fsp3) is 0.438. The zero-order valence-corrected chi connectivity index (χ0v) is 16.4. The predicted molar refractivity (Wildman–Crippen MR) is 99.5 cm³/mol. The van der Waals surface area contributed by atoms with Gasteiger partial charge in [-0.2, -0.15) is 5.10 Å². The van der Waals surface area contributed by atoms with Crippen LogP contribution in [0.2, 0.25) is 0 Å². The molecule has 0 amide bonds. The molecule has 1 atom stereocenters. The molecule has 0 fully saturated rings. The molecule has 1 N–H and O–H groups in total. The molecule has 21 heavy (non-hydrogen) atoms. The fourth-order valence-corrected chi connectivity index (χ4v) is 3.49. The van der Waals surface area contributed by atoms with Crippen LogP contribution in [0.1, 0.15) is 36.3 Å². The summed E-state index contributed by atoms with van der Waals surface area (Å²) in [5.41, 5.74) is 3.64. The highest BCUT2D eigenvalue weighted by Gasteiger charge is 2.17. The van der Waals surface area contributed by atoms with Crippen LogP contribution in [0.15, 0.2) is 28.7 Å². The number of halogens is 2. The van der Waals surface area contributed by atoms with Crippen molar-refractivity contribution in [1.29, 1.82) is 0 Å². The summed E-state index contributed by atoms with van der Waals surface area (Å²) in [5.74, 6) is 0. The van der Waals surface area contributed by atoms with Crippen LogP contribution in [-0.4, -0.2) is 16.3 Å². The number of rotatable bonds is 6. The number of nitrogens with zero attached hydrogens (tertiary/aromatic N) is 2. The molecule has 2 rings (SSSR count). The maximum absolute atomic E-state index is 4.45. The second-order valence-corrected chi connectivity index (χ2v) is 7.38. The third kappa shape index (κ3) is 4.53. The van der Waals surface area contributed by atoms with Gasteiger partial charge in [-0.1, -0.05) is 22.9 Å². The summed E-state index contributed by atoms with van der Waals surface area (Å²) in [6.07, 6.45) is 2.07. The minimum atomic E-state index is 0.295. The molecule has 0 aliphatic heterocycles. The van der Waals surface area contributed by atoms with Gasteiger partial charge in [0, 0.05) is 33.2 Å². The van der Waals surface area contributed by atoms with Gasteiger partial charge < -0.3 is 5.32 Å². The molecule has 2 aromatic rings. The van der Waals surface area contributed by atoms with Crippen LogP contribution >= 0.6 is 38.5 Å². The van der Waals surface area contributed by atoms with E-state index in [0.717, 1.165) is 29.6 Å². The number of hydrogen-bond acceptors (Lipinski definition) is 2. The van der Waals surface area contributed by atoms with Gasteiger partial charge in [0.2, 0.25) is 0 Å². The molecule has 0 aliphatic carbocycles. The molecule has 114 valence electrons. The topological polar surface area (TPSA) is 29.9 Å². The van der Waals surface area contributed by atoms with Crippen LogP contribution in [0.5, 0.6) is 0 Å². The average molecular weight is 462 g/mol. The van der Waals surface area contributed by atoms with E-state index in [9.17, 15) is 0 Å². The third-order valence-corrected chi connectivity index (χ3v) is 4.88. The number of benzene rings is 1. The first-order chi connectivity index (χ1) is 10.0. The van der Waals surface area contributed by atoms with E-state index in [1.165, 1.54) is 14.8 Å². The second-order valence-electron chi connectivity index (χ2n) is 5.28. The lowest BCUT2D eigenvalue weighted by atomic mass is 10.0. The van der Waals surface area contributed by atoms with Gasteiger partial charge in [0.1, 0.15) is 0 Å². The van der Waals surface area contributed by atoms with Gasteiger partial charge in [-0.15, -0.1) is 0 Å². The lowest BCUT2D eigenvalue weighted by molar-refractivity contribution is 0.510. The van der Waals surface area contributed by atoms with Crippen molar-refractivity contribution in [2.24, 2.45) is 7.05 Å². The Morgan fingerprint density at radius 1 is 1.38 bits per heavy atom. The molecule has 5 heteroatoms. The SMILES string of the molecule is CCCNC(Cc1cc(C)nn1C)c1cc(I)ccc1Br. The largest absolute Gasteiger partial charge is 0.310 e. The number of hydrogen-bond donors (Lipinski definition) is 1. The average Bonchev–Trinajstić information content (AvgIpc) is 2.75. The van der Waals surface area contributed by atoms with Crippen molar-refractivity contribution in [1.82, 2.24) is 15.1 Å². The van der Waals surface area contributed by atoms with Crippen LogP contribution in [0.25, 0.3) is 0 Å². The smallest absolute Gasteiger partial charge is 0.0596 e. The first kappa shape index (κ1) is 17.0. The number of nitrogens with one attached hydrogen (secondary N) is 1. The minimum Gasteiger partial charge on any atom is -0.310 e. The highest BCUT2D eigenvalue weighted by molar-refractivity contribution is 14.1. The Morgan fingerprint density at radius 3 is 2.76 bits per heavy atom. The molecule has 3 nitrogen and oxygen atoms in total. The Kier molecular flexibility index (Phi) is 6.25. The van der Waals surface area contributed by atoms with Gasteiger partial charge >= 0.3 is 0 Å². The van der Waals surface area contributed by atoms with E-state index in [1.807, 2.05) is 18.7 Å².